The van der Waals surface area contributed by atoms with Crippen LogP contribution in [0.1, 0.15) is 25.8 Å². The maximum absolute atomic E-state index is 11.4. The summed E-state index contributed by atoms with van der Waals surface area (Å²) in [7, 11) is 0. The minimum atomic E-state index is -0.226. The minimum Gasteiger partial charge on any atom is -0.491 e. The van der Waals surface area contributed by atoms with Crippen molar-refractivity contribution in [2.45, 2.75) is 32.9 Å². The van der Waals surface area contributed by atoms with Gasteiger partial charge < -0.3 is 20.5 Å². The largest absolute Gasteiger partial charge is 0.491 e. The highest BCUT2D eigenvalue weighted by Crippen LogP contribution is 2.13. The SMILES string of the molecule is CC(C)Oc1ccc(CNC(=O)NCCCO)cc1. The molecule has 0 fully saturated rings. The van der Waals surface area contributed by atoms with Crippen molar-refractivity contribution < 1.29 is 14.6 Å². The Kier molecular flexibility index (Phi) is 6.74. The third-order valence-corrected chi connectivity index (χ3v) is 2.37. The maximum Gasteiger partial charge on any atom is 0.315 e. The molecule has 0 spiro atoms. The Labute approximate surface area is 114 Å². The molecule has 5 nitrogen and oxygen atoms in total. The molecule has 0 aromatic heterocycles. The molecule has 0 bridgehead atoms. The highest BCUT2D eigenvalue weighted by atomic mass is 16.5. The van der Waals surface area contributed by atoms with Crippen molar-refractivity contribution in [1.29, 1.82) is 0 Å². The molecular weight excluding hydrogens is 244 g/mol. The number of hydrogen-bond acceptors (Lipinski definition) is 3. The third kappa shape index (κ3) is 6.67. The van der Waals surface area contributed by atoms with E-state index in [9.17, 15) is 4.79 Å². The molecule has 1 aromatic rings. The Balaban J connectivity index is 2.31. The fraction of sp³-hybridized carbons (Fsp3) is 0.500. The molecule has 0 aliphatic heterocycles. The maximum atomic E-state index is 11.4. The van der Waals surface area contributed by atoms with Crippen molar-refractivity contribution in [1.82, 2.24) is 10.6 Å². The van der Waals surface area contributed by atoms with Gasteiger partial charge >= 0.3 is 6.03 Å². The Morgan fingerprint density at radius 2 is 1.95 bits per heavy atom. The molecule has 19 heavy (non-hydrogen) atoms. The van der Waals surface area contributed by atoms with Crippen molar-refractivity contribution in [3.05, 3.63) is 29.8 Å². The summed E-state index contributed by atoms with van der Waals surface area (Å²) < 4.78 is 5.54. The monoisotopic (exact) mass is 266 g/mol. The lowest BCUT2D eigenvalue weighted by molar-refractivity contribution is 0.237. The van der Waals surface area contributed by atoms with Gasteiger partial charge in [0.05, 0.1) is 6.10 Å². The molecule has 0 aliphatic rings. The highest BCUT2D eigenvalue weighted by molar-refractivity contribution is 5.73. The van der Waals surface area contributed by atoms with Gasteiger partial charge in [0.1, 0.15) is 5.75 Å². The van der Waals surface area contributed by atoms with Gasteiger partial charge in [-0.25, -0.2) is 4.79 Å². The van der Waals surface area contributed by atoms with Crippen LogP contribution in [0.4, 0.5) is 4.79 Å². The number of carbonyl (C=O) groups excluding carboxylic acids is 1. The van der Waals surface area contributed by atoms with Gasteiger partial charge in [0.25, 0.3) is 0 Å². The van der Waals surface area contributed by atoms with E-state index >= 15 is 0 Å². The quantitative estimate of drug-likeness (QED) is 0.657. The number of benzene rings is 1. The van der Waals surface area contributed by atoms with Gasteiger partial charge in [-0.05, 0) is 38.0 Å². The second-order valence-corrected chi connectivity index (χ2v) is 4.50. The van der Waals surface area contributed by atoms with Crippen molar-refractivity contribution in [2.24, 2.45) is 0 Å². The molecule has 0 saturated heterocycles. The fourth-order valence-electron chi connectivity index (χ4n) is 1.48. The van der Waals surface area contributed by atoms with E-state index in [4.69, 9.17) is 9.84 Å². The van der Waals surface area contributed by atoms with E-state index in [1.54, 1.807) is 0 Å². The lowest BCUT2D eigenvalue weighted by atomic mass is 10.2. The van der Waals surface area contributed by atoms with Crippen LogP contribution in [0.15, 0.2) is 24.3 Å². The van der Waals surface area contributed by atoms with Crippen LogP contribution in [0.2, 0.25) is 0 Å². The molecule has 0 heterocycles. The molecular formula is C14H22N2O3. The number of rotatable bonds is 7. The third-order valence-electron chi connectivity index (χ3n) is 2.37. The van der Waals surface area contributed by atoms with Crippen molar-refractivity contribution in [3.8, 4) is 5.75 Å². The van der Waals surface area contributed by atoms with Crippen LogP contribution in [0, 0.1) is 0 Å². The summed E-state index contributed by atoms with van der Waals surface area (Å²) in [6.45, 7) is 4.98. The summed E-state index contributed by atoms with van der Waals surface area (Å²) in [6, 6.07) is 7.40. The summed E-state index contributed by atoms with van der Waals surface area (Å²) in [5, 5.41) is 14.0. The van der Waals surface area contributed by atoms with Crippen LogP contribution in [0.25, 0.3) is 0 Å². The normalized spacial score (nSPS) is 10.3. The molecule has 0 aliphatic carbocycles. The first-order chi connectivity index (χ1) is 9.11. The van der Waals surface area contributed by atoms with E-state index in [2.05, 4.69) is 10.6 Å². The van der Waals surface area contributed by atoms with Gasteiger partial charge in [0.2, 0.25) is 0 Å². The predicted molar refractivity (Wildman–Crippen MR) is 74.1 cm³/mol. The molecule has 106 valence electrons. The first-order valence-corrected chi connectivity index (χ1v) is 6.50. The Hall–Kier alpha value is -1.75. The second-order valence-electron chi connectivity index (χ2n) is 4.50. The average Bonchev–Trinajstić information content (AvgIpc) is 2.37. The topological polar surface area (TPSA) is 70.6 Å². The van der Waals surface area contributed by atoms with E-state index in [0.717, 1.165) is 11.3 Å². The summed E-state index contributed by atoms with van der Waals surface area (Å²) >= 11 is 0. The van der Waals surface area contributed by atoms with Crippen LogP contribution < -0.4 is 15.4 Å². The van der Waals surface area contributed by atoms with Gasteiger partial charge in [-0.1, -0.05) is 12.1 Å². The highest BCUT2D eigenvalue weighted by Gasteiger charge is 2.01. The lowest BCUT2D eigenvalue weighted by Gasteiger charge is -2.10. The molecule has 1 rings (SSSR count). The number of amides is 2. The number of hydrogen-bond donors (Lipinski definition) is 3. The number of aliphatic hydroxyl groups excluding tert-OH is 1. The Bertz CT molecular complexity index is 377. The standard InChI is InChI=1S/C14H22N2O3/c1-11(2)19-13-6-4-12(5-7-13)10-16-14(18)15-8-3-9-17/h4-7,11,17H,3,8-10H2,1-2H3,(H2,15,16,18). The van der Waals surface area contributed by atoms with Gasteiger partial charge in [-0.15, -0.1) is 0 Å². The van der Waals surface area contributed by atoms with E-state index in [1.165, 1.54) is 0 Å². The molecule has 0 unspecified atom stereocenters. The van der Waals surface area contributed by atoms with Gasteiger partial charge in [0, 0.05) is 19.7 Å². The molecule has 0 radical (unpaired) electrons. The van der Waals surface area contributed by atoms with Crippen LogP contribution >= 0.6 is 0 Å². The van der Waals surface area contributed by atoms with Gasteiger partial charge in [-0.2, -0.15) is 0 Å². The molecule has 2 amide bonds. The summed E-state index contributed by atoms with van der Waals surface area (Å²) in [6.07, 6.45) is 0.718. The van der Waals surface area contributed by atoms with Crippen molar-refractivity contribution in [2.75, 3.05) is 13.2 Å². The first-order valence-electron chi connectivity index (χ1n) is 6.50. The number of aliphatic hydroxyl groups is 1. The lowest BCUT2D eigenvalue weighted by Crippen LogP contribution is -2.35. The van der Waals surface area contributed by atoms with Crippen molar-refractivity contribution in [3.63, 3.8) is 0 Å². The smallest absolute Gasteiger partial charge is 0.315 e. The molecule has 5 heteroatoms. The van der Waals surface area contributed by atoms with Crippen LogP contribution in [0.5, 0.6) is 5.75 Å². The summed E-state index contributed by atoms with van der Waals surface area (Å²) in [4.78, 5) is 11.4. The zero-order valence-corrected chi connectivity index (χ0v) is 11.5. The minimum absolute atomic E-state index is 0.0809. The fourth-order valence-corrected chi connectivity index (χ4v) is 1.48. The van der Waals surface area contributed by atoms with Gasteiger partial charge in [-0.3, -0.25) is 0 Å². The molecule has 1 aromatic carbocycles. The summed E-state index contributed by atoms with van der Waals surface area (Å²) in [5.74, 6) is 0.825. The molecule has 3 N–H and O–H groups in total. The zero-order valence-electron chi connectivity index (χ0n) is 11.5. The van der Waals surface area contributed by atoms with Crippen LogP contribution in [-0.4, -0.2) is 30.4 Å². The molecule has 0 saturated carbocycles. The summed E-state index contributed by atoms with van der Waals surface area (Å²) in [5.41, 5.74) is 1.01. The second kappa shape index (κ2) is 8.37. The predicted octanol–water partition coefficient (Wildman–Crippen LogP) is 1.66. The number of urea groups is 1. The van der Waals surface area contributed by atoms with Gasteiger partial charge in [0.15, 0.2) is 0 Å². The van der Waals surface area contributed by atoms with E-state index < -0.39 is 0 Å². The van der Waals surface area contributed by atoms with Crippen LogP contribution in [0.3, 0.4) is 0 Å². The molecule has 0 atom stereocenters. The van der Waals surface area contributed by atoms with E-state index in [0.29, 0.717) is 19.5 Å². The number of ether oxygens (including phenoxy) is 1. The number of nitrogens with one attached hydrogen (secondary N) is 2. The van der Waals surface area contributed by atoms with E-state index in [-0.39, 0.29) is 18.7 Å². The first kappa shape index (κ1) is 15.3. The van der Waals surface area contributed by atoms with Crippen LogP contribution in [-0.2, 0) is 6.54 Å². The van der Waals surface area contributed by atoms with Crippen molar-refractivity contribution >= 4 is 6.03 Å². The Morgan fingerprint density at radius 3 is 2.53 bits per heavy atom. The zero-order chi connectivity index (χ0) is 14.1. The van der Waals surface area contributed by atoms with E-state index in [1.807, 2.05) is 38.1 Å². The number of carbonyl (C=O) groups is 1. The Morgan fingerprint density at radius 1 is 1.26 bits per heavy atom. The average molecular weight is 266 g/mol.